The first-order chi connectivity index (χ1) is 10.8. The number of halogens is 1. The highest BCUT2D eigenvalue weighted by Gasteiger charge is 2.29. The number of carbonyl (C=O) groups excluding carboxylic acids is 1. The van der Waals surface area contributed by atoms with Gasteiger partial charge in [-0.2, -0.15) is 0 Å². The monoisotopic (exact) mass is 375 g/mol. The lowest BCUT2D eigenvalue weighted by molar-refractivity contribution is -0.123. The minimum atomic E-state index is -1.08. The number of anilines is 1. The van der Waals surface area contributed by atoms with E-state index in [1.165, 1.54) is 6.07 Å². The molecule has 2 aromatic rings. The zero-order valence-electron chi connectivity index (χ0n) is 13.0. The van der Waals surface area contributed by atoms with Gasteiger partial charge in [-0.05, 0) is 30.2 Å². The van der Waals surface area contributed by atoms with E-state index < -0.39 is 11.4 Å². The first kappa shape index (κ1) is 17.2. The van der Waals surface area contributed by atoms with E-state index in [1.54, 1.807) is 12.1 Å². The fourth-order valence-corrected chi connectivity index (χ4v) is 2.64. The molecule has 0 atom stereocenters. The van der Waals surface area contributed by atoms with Crippen molar-refractivity contribution in [3.8, 4) is 0 Å². The van der Waals surface area contributed by atoms with Crippen molar-refractivity contribution in [3.63, 3.8) is 0 Å². The number of hydrogen-bond donors (Lipinski definition) is 2. The van der Waals surface area contributed by atoms with Crippen molar-refractivity contribution in [2.24, 2.45) is 5.41 Å². The Labute approximate surface area is 143 Å². The lowest BCUT2D eigenvalue weighted by Crippen LogP contribution is -2.33. The molecule has 0 saturated heterocycles. The van der Waals surface area contributed by atoms with E-state index in [1.807, 2.05) is 44.2 Å². The normalized spacial score (nSPS) is 11.1. The van der Waals surface area contributed by atoms with E-state index in [2.05, 4.69) is 21.2 Å². The summed E-state index contributed by atoms with van der Waals surface area (Å²) in [5, 5.41) is 12.0. The van der Waals surface area contributed by atoms with E-state index in [-0.39, 0.29) is 11.5 Å². The average Bonchev–Trinajstić information content (AvgIpc) is 2.49. The van der Waals surface area contributed by atoms with Crippen LogP contribution >= 0.6 is 15.9 Å². The van der Waals surface area contributed by atoms with Gasteiger partial charge >= 0.3 is 5.97 Å². The van der Waals surface area contributed by atoms with Crippen LogP contribution in [-0.4, -0.2) is 17.0 Å². The van der Waals surface area contributed by atoms with Crippen molar-refractivity contribution in [1.29, 1.82) is 0 Å². The van der Waals surface area contributed by atoms with Gasteiger partial charge in [0.25, 0.3) is 0 Å². The van der Waals surface area contributed by atoms with Crippen molar-refractivity contribution in [1.82, 2.24) is 0 Å². The number of carboxylic acid groups (broad SMARTS) is 1. The minimum absolute atomic E-state index is 0.0586. The zero-order valence-corrected chi connectivity index (χ0v) is 14.6. The predicted molar refractivity (Wildman–Crippen MR) is 93.7 cm³/mol. The van der Waals surface area contributed by atoms with Gasteiger partial charge in [0, 0.05) is 9.89 Å². The molecule has 0 aliphatic heterocycles. The quantitative estimate of drug-likeness (QED) is 0.815. The summed E-state index contributed by atoms with van der Waals surface area (Å²) in [6.45, 7) is 3.68. The summed E-state index contributed by atoms with van der Waals surface area (Å²) >= 11 is 3.24. The Morgan fingerprint density at radius 2 is 1.78 bits per heavy atom. The lowest BCUT2D eigenvalue weighted by atomic mass is 9.84. The van der Waals surface area contributed by atoms with Crippen molar-refractivity contribution < 1.29 is 14.7 Å². The Morgan fingerprint density at radius 1 is 1.13 bits per heavy atom. The summed E-state index contributed by atoms with van der Waals surface area (Å²) in [5.74, 6) is -1.30. The van der Waals surface area contributed by atoms with Crippen LogP contribution in [0.15, 0.2) is 53.0 Å². The van der Waals surface area contributed by atoms with Crippen LogP contribution in [0.2, 0.25) is 0 Å². The average molecular weight is 376 g/mol. The number of amides is 1. The summed E-state index contributed by atoms with van der Waals surface area (Å²) in [7, 11) is 0. The summed E-state index contributed by atoms with van der Waals surface area (Å²) in [6.07, 6.45) is 0.568. The second-order valence-electron chi connectivity index (χ2n) is 6.00. The van der Waals surface area contributed by atoms with Gasteiger partial charge in [-0.3, -0.25) is 4.79 Å². The summed E-state index contributed by atoms with van der Waals surface area (Å²) in [5.41, 5.74) is 0.751. The molecule has 2 aromatic carbocycles. The van der Waals surface area contributed by atoms with Gasteiger partial charge in [0.1, 0.15) is 0 Å². The number of carbonyl (C=O) groups is 2. The van der Waals surface area contributed by atoms with Gasteiger partial charge in [0.15, 0.2) is 0 Å². The summed E-state index contributed by atoms with van der Waals surface area (Å²) in [6, 6.07) is 14.5. The van der Waals surface area contributed by atoms with E-state index in [9.17, 15) is 14.7 Å². The SMILES string of the molecule is CC(C)(Cc1ccccc1)C(=O)Nc1ccc(Br)cc1C(=O)O. The molecular weight excluding hydrogens is 358 g/mol. The van der Waals surface area contributed by atoms with E-state index in [0.29, 0.717) is 16.6 Å². The third kappa shape index (κ3) is 4.42. The second-order valence-corrected chi connectivity index (χ2v) is 6.91. The number of rotatable bonds is 5. The minimum Gasteiger partial charge on any atom is -0.478 e. The first-order valence-corrected chi connectivity index (χ1v) is 7.97. The van der Waals surface area contributed by atoms with Crippen LogP contribution in [0.5, 0.6) is 0 Å². The van der Waals surface area contributed by atoms with Crippen LogP contribution in [0.3, 0.4) is 0 Å². The van der Waals surface area contributed by atoms with Gasteiger partial charge in [0.05, 0.1) is 11.3 Å². The highest BCUT2D eigenvalue weighted by molar-refractivity contribution is 9.10. The molecule has 0 aliphatic carbocycles. The van der Waals surface area contributed by atoms with Crippen molar-refractivity contribution >= 4 is 33.5 Å². The highest BCUT2D eigenvalue weighted by Crippen LogP contribution is 2.27. The van der Waals surface area contributed by atoms with E-state index in [0.717, 1.165) is 5.56 Å². The molecule has 0 saturated carbocycles. The molecule has 0 unspecified atom stereocenters. The Balaban J connectivity index is 2.19. The van der Waals surface area contributed by atoms with Gasteiger partial charge in [-0.15, -0.1) is 0 Å². The molecule has 0 aliphatic rings. The van der Waals surface area contributed by atoms with Gasteiger partial charge in [-0.1, -0.05) is 60.1 Å². The number of carboxylic acids is 1. The Bertz CT molecular complexity index is 726. The summed E-state index contributed by atoms with van der Waals surface area (Å²) < 4.78 is 0.649. The van der Waals surface area contributed by atoms with Crippen LogP contribution in [0, 0.1) is 5.41 Å². The number of nitrogens with one attached hydrogen (secondary N) is 1. The molecule has 2 rings (SSSR count). The van der Waals surface area contributed by atoms with E-state index >= 15 is 0 Å². The molecule has 0 fully saturated rings. The Kier molecular flexibility index (Phi) is 5.21. The fourth-order valence-electron chi connectivity index (χ4n) is 2.28. The largest absolute Gasteiger partial charge is 0.478 e. The Hall–Kier alpha value is -2.14. The van der Waals surface area contributed by atoms with Crippen LogP contribution in [0.1, 0.15) is 29.8 Å². The topological polar surface area (TPSA) is 66.4 Å². The van der Waals surface area contributed by atoms with Crippen molar-refractivity contribution in [2.45, 2.75) is 20.3 Å². The molecule has 23 heavy (non-hydrogen) atoms. The smallest absolute Gasteiger partial charge is 0.337 e. The van der Waals surface area contributed by atoms with Gasteiger partial charge in [-0.25, -0.2) is 4.79 Å². The van der Waals surface area contributed by atoms with Crippen LogP contribution in [0.25, 0.3) is 0 Å². The second kappa shape index (κ2) is 6.96. The summed E-state index contributed by atoms with van der Waals surface area (Å²) in [4.78, 5) is 23.9. The molecule has 4 nitrogen and oxygen atoms in total. The van der Waals surface area contributed by atoms with Crippen LogP contribution < -0.4 is 5.32 Å². The molecule has 0 spiro atoms. The van der Waals surface area contributed by atoms with Gasteiger partial charge < -0.3 is 10.4 Å². The number of aromatic carboxylic acids is 1. The third-order valence-electron chi connectivity index (χ3n) is 3.56. The highest BCUT2D eigenvalue weighted by atomic mass is 79.9. The first-order valence-electron chi connectivity index (χ1n) is 7.18. The molecule has 5 heteroatoms. The predicted octanol–water partition coefficient (Wildman–Crippen LogP) is 4.35. The zero-order chi connectivity index (χ0) is 17.0. The van der Waals surface area contributed by atoms with Crippen molar-refractivity contribution in [3.05, 3.63) is 64.1 Å². The molecule has 0 bridgehead atoms. The third-order valence-corrected chi connectivity index (χ3v) is 4.06. The maximum Gasteiger partial charge on any atom is 0.337 e. The molecule has 0 radical (unpaired) electrons. The standard InChI is InChI=1S/C18H18BrNO3/c1-18(2,11-12-6-4-3-5-7-12)17(23)20-15-9-8-13(19)10-14(15)16(21)22/h3-10H,11H2,1-2H3,(H,20,23)(H,21,22). The maximum absolute atomic E-state index is 12.6. The number of hydrogen-bond acceptors (Lipinski definition) is 2. The molecule has 0 heterocycles. The molecular formula is C18H18BrNO3. The van der Waals surface area contributed by atoms with Gasteiger partial charge in [0.2, 0.25) is 5.91 Å². The van der Waals surface area contributed by atoms with Crippen LogP contribution in [0.4, 0.5) is 5.69 Å². The molecule has 120 valence electrons. The fraction of sp³-hybridized carbons (Fsp3) is 0.222. The maximum atomic E-state index is 12.6. The lowest BCUT2D eigenvalue weighted by Gasteiger charge is -2.24. The number of benzene rings is 2. The Morgan fingerprint density at radius 3 is 2.39 bits per heavy atom. The van der Waals surface area contributed by atoms with E-state index in [4.69, 9.17) is 0 Å². The molecule has 0 aromatic heterocycles. The van der Waals surface area contributed by atoms with Crippen LogP contribution in [-0.2, 0) is 11.2 Å². The van der Waals surface area contributed by atoms with Crippen molar-refractivity contribution in [2.75, 3.05) is 5.32 Å². The molecule has 1 amide bonds. The molecule has 2 N–H and O–H groups in total.